The summed E-state index contributed by atoms with van der Waals surface area (Å²) in [4.78, 5) is 12.4. The molecule has 7 nitrogen and oxygen atoms in total. The van der Waals surface area contributed by atoms with Crippen LogP contribution in [0.15, 0.2) is 35.0 Å². The highest BCUT2D eigenvalue weighted by Crippen LogP contribution is 2.23. The molecule has 0 aliphatic heterocycles. The number of benzene rings is 1. The lowest BCUT2D eigenvalue weighted by Crippen LogP contribution is -2.32. The summed E-state index contributed by atoms with van der Waals surface area (Å²) in [6.45, 7) is 6.77. The number of allylic oxidation sites excluding steroid dienone is 1. The van der Waals surface area contributed by atoms with Crippen LogP contribution in [-0.2, 0) is 11.4 Å². The Balaban J connectivity index is 1.48. The number of carbonyl (C=O) groups excluding carboxylic acids is 1. The van der Waals surface area contributed by atoms with E-state index >= 15 is 0 Å². The average Bonchev–Trinajstić information content (AvgIpc) is 3.07. The normalized spacial score (nSPS) is 14.8. The van der Waals surface area contributed by atoms with E-state index < -0.39 is 0 Å². The summed E-state index contributed by atoms with van der Waals surface area (Å²) < 4.78 is 7.23. The molecule has 0 spiro atoms. The molecular formula is C22H31N5O2S. The van der Waals surface area contributed by atoms with Crippen molar-refractivity contribution in [2.45, 2.75) is 69.9 Å². The number of aromatic nitrogens is 3. The lowest BCUT2D eigenvalue weighted by molar-refractivity contribution is -0.120. The van der Waals surface area contributed by atoms with Crippen molar-refractivity contribution in [3.63, 3.8) is 0 Å². The smallest absolute Gasteiger partial charge is 0.233 e. The Labute approximate surface area is 182 Å². The number of ether oxygens (including phenoxy) is 1. The number of nitrogens with zero attached hydrogens (tertiary/aromatic N) is 3. The SMILES string of the molecule is Cc1ccc(OCc2nnc(S[C@@H](C)C(=O)NCCC3=CCCCC3)n2N)c(C)c1. The fourth-order valence-corrected chi connectivity index (χ4v) is 4.24. The van der Waals surface area contributed by atoms with Gasteiger partial charge in [-0.25, -0.2) is 4.68 Å². The highest BCUT2D eigenvalue weighted by molar-refractivity contribution is 8.00. The predicted octanol–water partition coefficient (Wildman–Crippen LogP) is 3.68. The number of nitrogen functional groups attached to an aromatic ring is 1. The van der Waals surface area contributed by atoms with Crippen LogP contribution in [0.4, 0.5) is 0 Å². The number of carbonyl (C=O) groups is 1. The van der Waals surface area contributed by atoms with E-state index in [2.05, 4.69) is 27.7 Å². The number of rotatable bonds is 9. The predicted molar refractivity (Wildman–Crippen MR) is 120 cm³/mol. The van der Waals surface area contributed by atoms with Gasteiger partial charge in [0.05, 0.1) is 5.25 Å². The monoisotopic (exact) mass is 429 g/mol. The summed E-state index contributed by atoms with van der Waals surface area (Å²) >= 11 is 1.29. The molecule has 1 aliphatic rings. The van der Waals surface area contributed by atoms with Crippen molar-refractivity contribution in [1.82, 2.24) is 20.2 Å². The first-order valence-electron chi connectivity index (χ1n) is 10.5. The number of hydrogen-bond acceptors (Lipinski definition) is 6. The van der Waals surface area contributed by atoms with E-state index in [0.717, 1.165) is 30.6 Å². The second-order valence-electron chi connectivity index (χ2n) is 7.74. The zero-order chi connectivity index (χ0) is 21.5. The molecular weight excluding hydrogens is 398 g/mol. The van der Waals surface area contributed by atoms with Gasteiger partial charge in [-0.1, -0.05) is 41.1 Å². The molecule has 2 aromatic rings. The molecule has 3 N–H and O–H groups in total. The highest BCUT2D eigenvalue weighted by Gasteiger charge is 2.19. The van der Waals surface area contributed by atoms with Crippen LogP contribution >= 0.6 is 11.8 Å². The largest absolute Gasteiger partial charge is 0.485 e. The van der Waals surface area contributed by atoms with Crippen LogP contribution in [-0.4, -0.2) is 32.6 Å². The van der Waals surface area contributed by atoms with Crippen molar-refractivity contribution in [2.24, 2.45) is 0 Å². The molecule has 1 heterocycles. The molecule has 1 atom stereocenters. The van der Waals surface area contributed by atoms with Crippen molar-refractivity contribution < 1.29 is 9.53 Å². The fourth-order valence-electron chi connectivity index (χ4n) is 3.42. The maximum atomic E-state index is 12.4. The van der Waals surface area contributed by atoms with Crippen LogP contribution in [0.1, 0.15) is 56.0 Å². The van der Waals surface area contributed by atoms with Crippen molar-refractivity contribution in [2.75, 3.05) is 12.4 Å². The second kappa shape index (κ2) is 10.5. The first-order valence-corrected chi connectivity index (χ1v) is 11.3. The Hall–Kier alpha value is -2.48. The third-order valence-corrected chi connectivity index (χ3v) is 6.26. The summed E-state index contributed by atoms with van der Waals surface area (Å²) in [7, 11) is 0. The van der Waals surface area contributed by atoms with Gasteiger partial charge >= 0.3 is 0 Å². The molecule has 0 bridgehead atoms. The third-order valence-electron chi connectivity index (χ3n) is 5.20. The molecule has 1 aliphatic carbocycles. The zero-order valence-electron chi connectivity index (χ0n) is 18.0. The van der Waals surface area contributed by atoms with Crippen molar-refractivity contribution in [1.29, 1.82) is 0 Å². The quantitative estimate of drug-likeness (QED) is 0.359. The summed E-state index contributed by atoms with van der Waals surface area (Å²) in [5, 5.41) is 11.4. The molecule has 1 aromatic heterocycles. The molecule has 1 aromatic carbocycles. The lowest BCUT2D eigenvalue weighted by Gasteiger charge is -2.14. The molecule has 162 valence electrons. The minimum Gasteiger partial charge on any atom is -0.485 e. The Morgan fingerprint density at radius 2 is 2.17 bits per heavy atom. The summed E-state index contributed by atoms with van der Waals surface area (Å²) in [6, 6.07) is 6.00. The molecule has 1 amide bonds. The van der Waals surface area contributed by atoms with Crippen molar-refractivity contribution in [3.05, 3.63) is 46.8 Å². The first-order chi connectivity index (χ1) is 14.4. The van der Waals surface area contributed by atoms with Gasteiger partial charge in [-0.2, -0.15) is 0 Å². The Morgan fingerprint density at radius 1 is 1.33 bits per heavy atom. The average molecular weight is 430 g/mol. The van der Waals surface area contributed by atoms with Crippen LogP contribution in [0, 0.1) is 13.8 Å². The van der Waals surface area contributed by atoms with Crippen molar-refractivity contribution >= 4 is 17.7 Å². The molecule has 0 saturated carbocycles. The first kappa shape index (κ1) is 22.2. The van der Waals surface area contributed by atoms with E-state index in [1.165, 1.54) is 40.4 Å². The standard InChI is InChI=1S/C22H31N5O2S/c1-15-9-10-19(16(2)13-15)29-14-20-25-26-22(27(20)23)30-17(3)21(28)24-12-11-18-7-5-4-6-8-18/h7,9-10,13,17H,4-6,8,11-12,14,23H2,1-3H3,(H,24,28)/t17-/m0/s1. The Kier molecular flexibility index (Phi) is 7.79. The minimum atomic E-state index is -0.315. The van der Waals surface area contributed by atoms with Crippen LogP contribution < -0.4 is 15.9 Å². The number of aryl methyl sites for hydroxylation is 2. The number of nitrogens with two attached hydrogens (primary N) is 1. The molecule has 3 rings (SSSR count). The van der Waals surface area contributed by atoms with E-state index in [0.29, 0.717) is 17.5 Å². The van der Waals surface area contributed by atoms with Gasteiger partial charge in [-0.3, -0.25) is 4.79 Å². The maximum absolute atomic E-state index is 12.4. The molecule has 8 heteroatoms. The van der Waals surface area contributed by atoms with Crippen LogP contribution in [0.25, 0.3) is 0 Å². The van der Waals surface area contributed by atoms with Crippen LogP contribution in [0.5, 0.6) is 5.75 Å². The maximum Gasteiger partial charge on any atom is 0.233 e. The number of thioether (sulfide) groups is 1. The Morgan fingerprint density at radius 3 is 2.90 bits per heavy atom. The van der Waals surface area contributed by atoms with E-state index in [9.17, 15) is 4.79 Å². The van der Waals surface area contributed by atoms with Crippen LogP contribution in [0.2, 0.25) is 0 Å². The van der Waals surface area contributed by atoms with E-state index in [-0.39, 0.29) is 17.8 Å². The second-order valence-corrected chi connectivity index (χ2v) is 9.04. The topological polar surface area (TPSA) is 95.1 Å². The zero-order valence-corrected chi connectivity index (χ0v) is 18.8. The molecule has 0 saturated heterocycles. The van der Waals surface area contributed by atoms with Gasteiger partial charge in [0.25, 0.3) is 0 Å². The molecule has 0 fully saturated rings. The number of hydrogen-bond donors (Lipinski definition) is 2. The van der Waals surface area contributed by atoms with Gasteiger partial charge in [0.2, 0.25) is 11.1 Å². The Bertz CT molecular complexity index is 909. The van der Waals surface area contributed by atoms with Gasteiger partial charge in [-0.15, -0.1) is 10.2 Å². The van der Waals surface area contributed by atoms with E-state index in [1.807, 2.05) is 32.9 Å². The van der Waals surface area contributed by atoms with E-state index in [1.54, 1.807) is 0 Å². The fraction of sp³-hybridized carbons (Fsp3) is 0.500. The van der Waals surface area contributed by atoms with Crippen LogP contribution in [0.3, 0.4) is 0 Å². The number of nitrogens with one attached hydrogen (secondary N) is 1. The summed E-state index contributed by atoms with van der Waals surface area (Å²) in [5.41, 5.74) is 3.70. The molecule has 0 radical (unpaired) electrons. The molecule has 0 unspecified atom stereocenters. The van der Waals surface area contributed by atoms with Gasteiger partial charge in [0, 0.05) is 6.54 Å². The summed E-state index contributed by atoms with van der Waals surface area (Å²) in [6.07, 6.45) is 8.10. The van der Waals surface area contributed by atoms with Gasteiger partial charge < -0.3 is 15.9 Å². The third kappa shape index (κ3) is 6.01. The van der Waals surface area contributed by atoms with Gasteiger partial charge in [0.1, 0.15) is 12.4 Å². The lowest BCUT2D eigenvalue weighted by atomic mass is 9.97. The van der Waals surface area contributed by atoms with Gasteiger partial charge in [-0.05, 0) is 64.5 Å². The number of amides is 1. The van der Waals surface area contributed by atoms with Crippen molar-refractivity contribution in [3.8, 4) is 5.75 Å². The minimum absolute atomic E-state index is 0.0208. The molecule has 30 heavy (non-hydrogen) atoms. The highest BCUT2D eigenvalue weighted by atomic mass is 32.2. The van der Waals surface area contributed by atoms with Gasteiger partial charge in [0.15, 0.2) is 5.82 Å². The summed E-state index contributed by atoms with van der Waals surface area (Å²) in [5.74, 6) is 7.41. The van der Waals surface area contributed by atoms with E-state index in [4.69, 9.17) is 10.6 Å².